The average molecular weight is 535 g/mol. The van der Waals surface area contributed by atoms with E-state index in [-0.39, 0.29) is 5.82 Å². The van der Waals surface area contributed by atoms with Crippen molar-refractivity contribution < 1.29 is 4.39 Å². The van der Waals surface area contributed by atoms with E-state index < -0.39 is 0 Å². The largest absolute Gasteiger partial charge is 0.207 e. The highest BCUT2D eigenvalue weighted by Gasteiger charge is 2.20. The number of hydrogen-bond acceptors (Lipinski definition) is 0. The van der Waals surface area contributed by atoms with Gasteiger partial charge in [0, 0.05) is 0 Å². The van der Waals surface area contributed by atoms with E-state index in [2.05, 4.69) is 104 Å². The third-order valence-corrected chi connectivity index (χ3v) is 9.55. The van der Waals surface area contributed by atoms with E-state index in [9.17, 15) is 4.39 Å². The van der Waals surface area contributed by atoms with E-state index in [1.807, 2.05) is 12.1 Å². The Kier molecular flexibility index (Phi) is 4.12. The molecular formula is C41H23F. The molecular weight excluding hydrogens is 511 g/mol. The highest BCUT2D eigenvalue weighted by Crippen LogP contribution is 2.48. The smallest absolute Gasteiger partial charge is 0.123 e. The molecule has 194 valence electrons. The molecule has 0 nitrogen and oxygen atoms in total. The van der Waals surface area contributed by atoms with E-state index in [4.69, 9.17) is 0 Å². The summed E-state index contributed by atoms with van der Waals surface area (Å²) in [5.74, 6) is -0.214. The van der Waals surface area contributed by atoms with Gasteiger partial charge in [-0.1, -0.05) is 78.9 Å². The van der Waals surface area contributed by atoms with Crippen LogP contribution in [0.5, 0.6) is 0 Å². The minimum Gasteiger partial charge on any atom is -0.207 e. The number of benzene rings is 8. The van der Waals surface area contributed by atoms with Gasteiger partial charge in [-0.2, -0.15) is 0 Å². The third kappa shape index (κ3) is 2.80. The number of aryl methyl sites for hydroxylation is 1. The van der Waals surface area contributed by atoms with Gasteiger partial charge in [-0.25, -0.2) is 4.39 Å². The number of fused-ring (bicyclic) bond motifs is 9. The molecule has 10 aromatic rings. The molecule has 0 bridgehead atoms. The van der Waals surface area contributed by atoms with Gasteiger partial charge < -0.3 is 0 Å². The van der Waals surface area contributed by atoms with Gasteiger partial charge in [-0.3, -0.25) is 0 Å². The summed E-state index contributed by atoms with van der Waals surface area (Å²) in [6, 6.07) is 43.4. The van der Waals surface area contributed by atoms with E-state index in [0.29, 0.717) is 0 Å². The second-order valence-corrected chi connectivity index (χ2v) is 11.9. The molecule has 0 aliphatic rings. The number of halogens is 1. The van der Waals surface area contributed by atoms with Gasteiger partial charge in [-0.15, -0.1) is 0 Å². The standard InChI is InChI=1S/C41H23F/c1-22-15-25-6-4-8-31-33-18-27-21-38-35(20-26(27)19-34(33)36(16-22)39(25)31)37-17-24-5-2-3-7-29(24)32-14-13-30(40(38)41(32)37)23-9-11-28(42)12-10-23/h2-21H,1H3. The second-order valence-electron chi connectivity index (χ2n) is 11.9. The van der Waals surface area contributed by atoms with Crippen LogP contribution in [-0.2, 0) is 0 Å². The Morgan fingerprint density at radius 1 is 0.381 bits per heavy atom. The molecule has 0 radical (unpaired) electrons. The molecule has 0 saturated heterocycles. The van der Waals surface area contributed by atoms with Gasteiger partial charge in [0.2, 0.25) is 0 Å². The summed E-state index contributed by atoms with van der Waals surface area (Å²) in [6.45, 7) is 2.19. The zero-order chi connectivity index (χ0) is 27.7. The molecule has 0 aromatic heterocycles. The topological polar surface area (TPSA) is 0 Å². The van der Waals surface area contributed by atoms with E-state index >= 15 is 0 Å². The van der Waals surface area contributed by atoms with Crippen molar-refractivity contribution >= 4 is 86.2 Å². The lowest BCUT2D eigenvalue weighted by Gasteiger charge is -2.10. The first-order chi connectivity index (χ1) is 20.6. The zero-order valence-corrected chi connectivity index (χ0v) is 22.9. The molecule has 0 heterocycles. The molecule has 0 fully saturated rings. The Morgan fingerprint density at radius 2 is 0.976 bits per heavy atom. The lowest BCUT2D eigenvalue weighted by atomic mass is 9.93. The second kappa shape index (κ2) is 7.72. The lowest BCUT2D eigenvalue weighted by Crippen LogP contribution is -1.83. The lowest BCUT2D eigenvalue weighted by molar-refractivity contribution is 0.628. The van der Waals surface area contributed by atoms with Crippen molar-refractivity contribution in [2.45, 2.75) is 6.92 Å². The minimum atomic E-state index is -0.214. The van der Waals surface area contributed by atoms with Crippen molar-refractivity contribution in [3.63, 3.8) is 0 Å². The van der Waals surface area contributed by atoms with Crippen LogP contribution >= 0.6 is 0 Å². The number of rotatable bonds is 1. The van der Waals surface area contributed by atoms with Gasteiger partial charge >= 0.3 is 0 Å². The molecule has 0 aliphatic carbocycles. The molecule has 0 unspecified atom stereocenters. The van der Waals surface area contributed by atoms with Crippen molar-refractivity contribution in [2.75, 3.05) is 0 Å². The highest BCUT2D eigenvalue weighted by molar-refractivity contribution is 6.39. The Bertz CT molecular complexity index is 2730. The maximum atomic E-state index is 13.9. The Balaban J connectivity index is 1.41. The molecule has 10 aromatic carbocycles. The van der Waals surface area contributed by atoms with Gasteiger partial charge in [0.05, 0.1) is 0 Å². The fraction of sp³-hybridized carbons (Fsp3) is 0.0244. The summed E-state index contributed by atoms with van der Waals surface area (Å²) < 4.78 is 13.9. The van der Waals surface area contributed by atoms with Crippen LogP contribution in [-0.4, -0.2) is 0 Å². The van der Waals surface area contributed by atoms with Crippen LogP contribution in [0.4, 0.5) is 4.39 Å². The molecule has 10 rings (SSSR count). The normalized spacial score (nSPS) is 12.5. The molecule has 0 aliphatic heterocycles. The van der Waals surface area contributed by atoms with Crippen molar-refractivity contribution in [3.8, 4) is 11.1 Å². The summed E-state index contributed by atoms with van der Waals surface area (Å²) in [5.41, 5.74) is 3.47. The van der Waals surface area contributed by atoms with Crippen LogP contribution < -0.4 is 0 Å². The van der Waals surface area contributed by atoms with Crippen LogP contribution in [0.15, 0.2) is 121 Å². The van der Waals surface area contributed by atoms with Crippen LogP contribution in [0.1, 0.15) is 5.56 Å². The fourth-order valence-electron chi connectivity index (χ4n) is 7.80. The first-order valence-electron chi connectivity index (χ1n) is 14.5. The summed E-state index contributed by atoms with van der Waals surface area (Å²) in [5, 5.41) is 20.6. The number of hydrogen-bond donors (Lipinski definition) is 0. The first-order valence-corrected chi connectivity index (χ1v) is 14.5. The SMILES string of the molecule is Cc1cc2cccc3c4cc5cc6c(cc5cc4c(c1)c23)c1cc2ccccc2c2ccc(-c3ccc(F)cc3)c6c21. The van der Waals surface area contributed by atoms with Gasteiger partial charge in [0.1, 0.15) is 5.82 Å². The summed E-state index contributed by atoms with van der Waals surface area (Å²) in [7, 11) is 0. The summed E-state index contributed by atoms with van der Waals surface area (Å²) in [6.07, 6.45) is 0. The zero-order valence-electron chi connectivity index (χ0n) is 22.9. The molecule has 1 heteroatoms. The Labute approximate surface area is 240 Å². The predicted molar refractivity (Wildman–Crippen MR) is 179 cm³/mol. The Hall–Kier alpha value is -5.27. The maximum Gasteiger partial charge on any atom is 0.123 e. The third-order valence-electron chi connectivity index (χ3n) is 9.55. The molecule has 0 spiro atoms. The van der Waals surface area contributed by atoms with Crippen LogP contribution in [0, 0.1) is 12.7 Å². The van der Waals surface area contributed by atoms with Crippen LogP contribution in [0.3, 0.4) is 0 Å². The van der Waals surface area contributed by atoms with Crippen molar-refractivity contribution in [1.82, 2.24) is 0 Å². The van der Waals surface area contributed by atoms with Gasteiger partial charge in [-0.05, 0) is 152 Å². The first kappa shape index (κ1) is 22.4. The van der Waals surface area contributed by atoms with E-state index in [1.165, 1.54) is 91.7 Å². The molecule has 0 atom stereocenters. The van der Waals surface area contributed by atoms with E-state index in [0.717, 1.165) is 11.1 Å². The Morgan fingerprint density at radius 3 is 1.81 bits per heavy atom. The van der Waals surface area contributed by atoms with E-state index in [1.54, 1.807) is 12.1 Å². The quantitative estimate of drug-likeness (QED) is 0.184. The van der Waals surface area contributed by atoms with Crippen molar-refractivity contribution in [2.24, 2.45) is 0 Å². The average Bonchev–Trinajstić information content (AvgIpc) is 3.49. The summed E-state index contributed by atoms with van der Waals surface area (Å²) in [4.78, 5) is 0. The fourth-order valence-corrected chi connectivity index (χ4v) is 7.80. The van der Waals surface area contributed by atoms with Crippen LogP contribution in [0.2, 0.25) is 0 Å². The predicted octanol–water partition coefficient (Wildman–Crippen LogP) is 11.9. The van der Waals surface area contributed by atoms with Gasteiger partial charge in [0.25, 0.3) is 0 Å². The van der Waals surface area contributed by atoms with Crippen LogP contribution in [0.25, 0.3) is 97.3 Å². The van der Waals surface area contributed by atoms with Crippen molar-refractivity contribution in [1.29, 1.82) is 0 Å². The molecule has 0 N–H and O–H groups in total. The van der Waals surface area contributed by atoms with Gasteiger partial charge in [0.15, 0.2) is 0 Å². The monoisotopic (exact) mass is 534 g/mol. The van der Waals surface area contributed by atoms with Crippen molar-refractivity contribution in [3.05, 3.63) is 133 Å². The maximum absolute atomic E-state index is 13.9. The minimum absolute atomic E-state index is 0.214. The molecule has 42 heavy (non-hydrogen) atoms. The molecule has 0 saturated carbocycles. The summed E-state index contributed by atoms with van der Waals surface area (Å²) >= 11 is 0. The highest BCUT2D eigenvalue weighted by atomic mass is 19.1. The molecule has 0 amide bonds.